The normalized spacial score (nSPS) is 54.5. The smallest absolute Gasteiger partial charge is 0.0985 e. The second kappa shape index (κ2) is 8.68. The fourth-order valence-corrected chi connectivity index (χ4v) is 11.0. The van der Waals surface area contributed by atoms with Crippen LogP contribution in [0.5, 0.6) is 0 Å². The Kier molecular flexibility index (Phi) is 6.30. The predicted molar refractivity (Wildman–Crippen MR) is 147 cm³/mol. The van der Waals surface area contributed by atoms with Gasteiger partial charge in [-0.05, 0) is 92.8 Å². The van der Waals surface area contributed by atoms with E-state index >= 15 is 0 Å². The third-order valence-electron chi connectivity index (χ3n) is 13.0. The van der Waals surface area contributed by atoms with Crippen LogP contribution in [0.15, 0.2) is 11.6 Å². The largest absolute Gasteiger partial charge is 0.393 e. The van der Waals surface area contributed by atoms with Crippen LogP contribution in [-0.4, -0.2) is 52.4 Å². The Labute approximate surface area is 224 Å². The molecule has 1 spiro atoms. The van der Waals surface area contributed by atoms with Crippen LogP contribution < -0.4 is 5.73 Å². The average Bonchev–Trinajstić information content (AvgIpc) is 3.34. The van der Waals surface area contributed by atoms with Crippen LogP contribution in [0.25, 0.3) is 0 Å². The number of nitrogens with zero attached hydrogens (tertiary/aromatic N) is 1. The Bertz CT molecular complexity index is 911. The molecular weight excluding hydrogens is 468 g/mol. The number of allylic oxidation sites excluding steroid dienone is 1. The van der Waals surface area contributed by atoms with Crippen molar-refractivity contribution < 1.29 is 9.84 Å². The molecule has 10 unspecified atom stereocenters. The first-order valence-corrected chi connectivity index (χ1v) is 15.7. The number of nitrogens with two attached hydrogens (primary N) is 1. The zero-order valence-electron chi connectivity index (χ0n) is 23.3. The number of halogens is 1. The quantitative estimate of drug-likeness (QED) is 0.334. The van der Waals surface area contributed by atoms with E-state index in [0.29, 0.717) is 17.2 Å². The van der Waals surface area contributed by atoms with E-state index in [4.69, 9.17) is 22.1 Å². The maximum atomic E-state index is 10.4. The van der Waals surface area contributed by atoms with Crippen LogP contribution >= 0.6 is 11.6 Å². The summed E-state index contributed by atoms with van der Waals surface area (Å²) in [6.45, 7) is 11.8. The Morgan fingerprint density at radius 2 is 1.97 bits per heavy atom. The summed E-state index contributed by atoms with van der Waals surface area (Å²) >= 11 is 6.26. The molecule has 0 aromatic carbocycles. The standard InChI is InChI=1S/C31H51ClN2O2/c1-5-22-9-12-30(20-31(33)26(36-30)15-21(2)18-34(31)14-13-32)28(4)19-29(22,28)17-24-8-6-7-23-16-25(35)10-11-27(23,24)3/h7,21-22,24-26,35H,5-6,8-20,33H2,1-4H3. The monoisotopic (exact) mass is 518 g/mol. The second-order valence-electron chi connectivity index (χ2n) is 14.6. The van der Waals surface area contributed by atoms with Gasteiger partial charge < -0.3 is 15.6 Å². The highest BCUT2D eigenvalue weighted by Gasteiger charge is 2.80. The topological polar surface area (TPSA) is 58.7 Å². The second-order valence-corrected chi connectivity index (χ2v) is 15.0. The third kappa shape index (κ3) is 3.46. The van der Waals surface area contributed by atoms with Gasteiger partial charge >= 0.3 is 0 Å². The number of aliphatic hydroxyl groups is 1. The average molecular weight is 519 g/mol. The highest BCUT2D eigenvalue weighted by Crippen LogP contribution is 2.82. The zero-order valence-corrected chi connectivity index (χ0v) is 24.1. The number of hydrogen-bond acceptors (Lipinski definition) is 4. The number of piperidine rings is 1. The molecule has 36 heavy (non-hydrogen) atoms. The number of rotatable bonds is 5. The lowest BCUT2D eigenvalue weighted by atomic mass is 9.54. The van der Waals surface area contributed by atoms with Crippen molar-refractivity contribution in [1.82, 2.24) is 4.90 Å². The zero-order chi connectivity index (χ0) is 25.6. The number of alkyl halides is 1. The van der Waals surface area contributed by atoms with Gasteiger partial charge in [-0.1, -0.05) is 45.8 Å². The van der Waals surface area contributed by atoms with Crippen molar-refractivity contribution in [1.29, 1.82) is 0 Å². The van der Waals surface area contributed by atoms with E-state index < -0.39 is 0 Å². The molecule has 4 nitrogen and oxygen atoms in total. The molecule has 4 aliphatic carbocycles. The van der Waals surface area contributed by atoms with Gasteiger partial charge in [0.25, 0.3) is 0 Å². The maximum Gasteiger partial charge on any atom is 0.0985 e. The summed E-state index contributed by atoms with van der Waals surface area (Å²) in [6.07, 6.45) is 16.4. The first-order chi connectivity index (χ1) is 17.1. The number of likely N-dealkylation sites (tertiary alicyclic amines) is 1. The molecule has 3 N–H and O–H groups in total. The lowest BCUT2D eigenvalue weighted by molar-refractivity contribution is -0.147. The highest BCUT2D eigenvalue weighted by atomic mass is 35.5. The third-order valence-corrected chi connectivity index (χ3v) is 13.2. The van der Waals surface area contributed by atoms with Crippen molar-refractivity contribution in [2.45, 2.75) is 128 Å². The summed E-state index contributed by atoms with van der Waals surface area (Å²) in [6, 6.07) is 0. The van der Waals surface area contributed by atoms with Crippen molar-refractivity contribution in [2.24, 2.45) is 39.7 Å². The summed E-state index contributed by atoms with van der Waals surface area (Å²) in [5.74, 6) is 2.75. The van der Waals surface area contributed by atoms with Gasteiger partial charge in [-0.25, -0.2) is 0 Å². The molecule has 5 fully saturated rings. The highest BCUT2D eigenvalue weighted by molar-refractivity contribution is 6.18. The van der Waals surface area contributed by atoms with Gasteiger partial charge in [-0.3, -0.25) is 4.90 Å². The van der Waals surface area contributed by atoms with E-state index in [-0.39, 0.29) is 34.3 Å². The molecule has 204 valence electrons. The van der Waals surface area contributed by atoms with E-state index in [9.17, 15) is 5.11 Å². The molecule has 0 bridgehead atoms. The van der Waals surface area contributed by atoms with Gasteiger partial charge in [-0.15, -0.1) is 11.6 Å². The summed E-state index contributed by atoms with van der Waals surface area (Å²) in [5.41, 5.74) is 9.28. The van der Waals surface area contributed by atoms with Crippen molar-refractivity contribution in [3.63, 3.8) is 0 Å². The molecule has 0 aromatic rings. The molecule has 0 amide bonds. The predicted octanol–water partition coefficient (Wildman–Crippen LogP) is 6.24. The minimum absolute atomic E-state index is 0.0935. The minimum Gasteiger partial charge on any atom is -0.393 e. The maximum absolute atomic E-state index is 10.4. The van der Waals surface area contributed by atoms with Crippen molar-refractivity contribution in [3.8, 4) is 0 Å². The lowest BCUT2D eigenvalue weighted by Gasteiger charge is -2.52. The van der Waals surface area contributed by atoms with Crippen LogP contribution in [0.3, 0.4) is 0 Å². The van der Waals surface area contributed by atoms with Gasteiger partial charge in [-0.2, -0.15) is 0 Å². The van der Waals surface area contributed by atoms with Crippen LogP contribution in [0.1, 0.15) is 105 Å². The lowest BCUT2D eigenvalue weighted by Crippen LogP contribution is -2.66. The Balaban J connectivity index is 1.31. The summed E-state index contributed by atoms with van der Waals surface area (Å²) in [4.78, 5) is 2.49. The van der Waals surface area contributed by atoms with Gasteiger partial charge in [0.05, 0.1) is 23.5 Å². The van der Waals surface area contributed by atoms with Crippen molar-refractivity contribution in [2.75, 3.05) is 19.0 Å². The number of aliphatic hydroxyl groups excluding tert-OH is 1. The van der Waals surface area contributed by atoms with Crippen LogP contribution in [0, 0.1) is 34.0 Å². The molecule has 2 heterocycles. The molecule has 2 saturated heterocycles. The number of fused-ring (bicyclic) bond motifs is 4. The SMILES string of the molecule is CCC1CCC2(CC3(N)C(CC(C)CN3CCCl)O2)C2(C)CC12CC1CCC=C2CC(O)CCC21C. The van der Waals surface area contributed by atoms with Crippen molar-refractivity contribution >= 4 is 11.6 Å². The number of ether oxygens (including phenoxy) is 1. The van der Waals surface area contributed by atoms with Gasteiger partial charge in [0, 0.05) is 30.8 Å². The molecule has 0 aromatic heterocycles. The fraction of sp³-hybridized carbons (Fsp3) is 0.935. The van der Waals surface area contributed by atoms with Crippen LogP contribution in [0.4, 0.5) is 0 Å². The molecule has 5 heteroatoms. The van der Waals surface area contributed by atoms with E-state index in [2.05, 4.69) is 38.7 Å². The molecule has 6 aliphatic rings. The summed E-state index contributed by atoms with van der Waals surface area (Å²) in [5, 5.41) is 10.4. The van der Waals surface area contributed by atoms with Crippen LogP contribution in [-0.2, 0) is 4.74 Å². The van der Waals surface area contributed by atoms with Crippen molar-refractivity contribution in [3.05, 3.63) is 11.6 Å². The molecule has 3 saturated carbocycles. The van der Waals surface area contributed by atoms with Gasteiger partial charge in [0.1, 0.15) is 0 Å². The Hall–Kier alpha value is -0.130. The first-order valence-electron chi connectivity index (χ1n) is 15.2. The number of hydrogen-bond donors (Lipinski definition) is 2. The van der Waals surface area contributed by atoms with E-state index in [1.54, 1.807) is 5.57 Å². The molecule has 6 rings (SSSR count). The van der Waals surface area contributed by atoms with Crippen LogP contribution in [0.2, 0.25) is 0 Å². The molecule has 0 radical (unpaired) electrons. The summed E-state index contributed by atoms with van der Waals surface area (Å²) in [7, 11) is 0. The van der Waals surface area contributed by atoms with E-state index in [1.807, 2.05) is 0 Å². The minimum atomic E-state index is -0.371. The van der Waals surface area contributed by atoms with E-state index in [1.165, 1.54) is 44.9 Å². The van der Waals surface area contributed by atoms with Gasteiger partial charge in [0.15, 0.2) is 0 Å². The fourth-order valence-electron chi connectivity index (χ4n) is 10.8. The van der Waals surface area contributed by atoms with E-state index in [0.717, 1.165) is 57.0 Å². The molecular formula is C31H51ClN2O2. The molecule has 2 aliphatic heterocycles. The Morgan fingerprint density at radius 3 is 2.72 bits per heavy atom. The summed E-state index contributed by atoms with van der Waals surface area (Å²) < 4.78 is 7.30. The molecule has 10 atom stereocenters. The first kappa shape index (κ1) is 26.1. The van der Waals surface area contributed by atoms with Gasteiger partial charge in [0.2, 0.25) is 0 Å². The Morgan fingerprint density at radius 1 is 1.17 bits per heavy atom.